The van der Waals surface area contributed by atoms with E-state index in [0.717, 1.165) is 17.7 Å². The van der Waals surface area contributed by atoms with Crippen molar-refractivity contribution >= 4 is 17.3 Å². The maximum Gasteiger partial charge on any atom is 0.434 e. The van der Waals surface area contributed by atoms with E-state index in [1.165, 1.54) is 0 Å². The van der Waals surface area contributed by atoms with Crippen molar-refractivity contribution in [2.24, 2.45) is 15.9 Å². The lowest BCUT2D eigenvalue weighted by Gasteiger charge is -2.24. The number of hydrogen-bond acceptors (Lipinski definition) is 8. The van der Waals surface area contributed by atoms with Gasteiger partial charge in [-0.25, -0.2) is 14.9 Å². The second-order valence-electron chi connectivity index (χ2n) is 6.07. The van der Waals surface area contributed by atoms with Crippen molar-refractivity contribution in [3.63, 3.8) is 0 Å². The first-order valence-corrected chi connectivity index (χ1v) is 8.60. The summed E-state index contributed by atoms with van der Waals surface area (Å²) in [5.41, 5.74) is 2.37. The number of methoxy groups -OCH3 is 2. The van der Waals surface area contributed by atoms with E-state index in [1.807, 2.05) is 30.4 Å². The lowest BCUT2D eigenvalue weighted by molar-refractivity contribution is 0.236. The van der Waals surface area contributed by atoms with Gasteiger partial charge in [-0.05, 0) is 30.7 Å². The summed E-state index contributed by atoms with van der Waals surface area (Å²) in [6.07, 6.45) is 6.37. The molecule has 0 amide bonds. The highest BCUT2D eigenvalue weighted by Crippen LogP contribution is 2.33. The summed E-state index contributed by atoms with van der Waals surface area (Å²) in [6, 6.07) is 5.55. The Hall–Kier alpha value is -3.62. The van der Waals surface area contributed by atoms with Crippen LogP contribution in [0.2, 0.25) is 0 Å². The van der Waals surface area contributed by atoms with Crippen molar-refractivity contribution in [1.29, 1.82) is 0 Å². The van der Waals surface area contributed by atoms with Crippen molar-refractivity contribution in [3.8, 4) is 11.5 Å². The summed E-state index contributed by atoms with van der Waals surface area (Å²) < 4.78 is 21.4. The average molecular weight is 382 g/mol. The molecule has 1 aromatic carbocycles. The number of fused-ring (bicyclic) bond motifs is 1. The van der Waals surface area contributed by atoms with Crippen LogP contribution < -0.4 is 15.2 Å². The van der Waals surface area contributed by atoms with E-state index in [2.05, 4.69) is 20.2 Å². The maximum absolute atomic E-state index is 11.1. The number of H-pyrrole nitrogens is 1. The summed E-state index contributed by atoms with van der Waals surface area (Å²) in [7, 11) is 3.17. The van der Waals surface area contributed by atoms with Crippen LogP contribution in [0.5, 0.6) is 11.5 Å². The van der Waals surface area contributed by atoms with Gasteiger partial charge in [0.1, 0.15) is 0 Å². The van der Waals surface area contributed by atoms with Crippen LogP contribution in [0.15, 0.2) is 55.7 Å². The van der Waals surface area contributed by atoms with E-state index in [9.17, 15) is 4.79 Å². The molecule has 2 aromatic rings. The van der Waals surface area contributed by atoms with Crippen molar-refractivity contribution in [2.45, 2.75) is 13.0 Å². The Morgan fingerprint density at radius 1 is 1.25 bits per heavy atom. The molecule has 144 valence electrons. The van der Waals surface area contributed by atoms with Gasteiger partial charge in [0.2, 0.25) is 0 Å². The first-order chi connectivity index (χ1) is 13.7. The van der Waals surface area contributed by atoms with Crippen LogP contribution in [-0.4, -0.2) is 36.0 Å². The fourth-order valence-corrected chi connectivity index (χ4v) is 3.01. The van der Waals surface area contributed by atoms with Crippen LogP contribution in [-0.2, 0) is 11.3 Å². The third-order valence-electron chi connectivity index (χ3n) is 4.38. The molecule has 0 spiro atoms. The van der Waals surface area contributed by atoms with Crippen LogP contribution in [0.1, 0.15) is 17.9 Å². The van der Waals surface area contributed by atoms with Gasteiger partial charge in [0.05, 0.1) is 31.5 Å². The second kappa shape index (κ2) is 7.55. The minimum atomic E-state index is -0.627. The van der Waals surface area contributed by atoms with Gasteiger partial charge in [0, 0.05) is 11.8 Å². The number of aromatic nitrogens is 2. The third kappa shape index (κ3) is 3.46. The Balaban J connectivity index is 1.66. The molecule has 9 heteroatoms. The molecular weight excluding hydrogens is 364 g/mol. The van der Waals surface area contributed by atoms with Gasteiger partial charge >= 0.3 is 5.76 Å². The van der Waals surface area contributed by atoms with Crippen molar-refractivity contribution in [3.05, 3.63) is 58.6 Å². The van der Waals surface area contributed by atoms with E-state index in [1.54, 1.807) is 20.4 Å². The molecule has 1 aromatic heterocycles. The van der Waals surface area contributed by atoms with E-state index in [4.69, 9.17) is 18.6 Å². The number of nitrogens with zero attached hydrogens (tertiary/aromatic N) is 3. The summed E-state index contributed by atoms with van der Waals surface area (Å²) >= 11 is 0. The number of aliphatic imine (C=N–C) groups is 2. The minimum absolute atomic E-state index is 0.00964. The molecule has 0 saturated carbocycles. The predicted molar refractivity (Wildman–Crippen MR) is 102 cm³/mol. The number of benzene rings is 1. The van der Waals surface area contributed by atoms with E-state index in [-0.39, 0.29) is 18.4 Å². The molecule has 28 heavy (non-hydrogen) atoms. The number of allylic oxidation sites excluding steroid dienone is 2. The van der Waals surface area contributed by atoms with Gasteiger partial charge < -0.3 is 18.6 Å². The molecule has 0 bridgehead atoms. The molecule has 9 nitrogen and oxygen atoms in total. The SMILES string of the molecule is COc1ccc(C2=CC3=NC=CCC3C(OCc3n[nH]c(=O)o3)=N2)cc1OC. The normalized spacial score (nSPS) is 17.9. The topological polar surface area (TPSA) is 111 Å². The van der Waals surface area contributed by atoms with Crippen LogP contribution in [0, 0.1) is 5.92 Å². The fourth-order valence-electron chi connectivity index (χ4n) is 3.01. The Kier molecular flexibility index (Phi) is 4.79. The highest BCUT2D eigenvalue weighted by Gasteiger charge is 2.28. The number of hydrogen-bond donors (Lipinski definition) is 1. The minimum Gasteiger partial charge on any atom is -0.493 e. The van der Waals surface area contributed by atoms with Crippen LogP contribution in [0.25, 0.3) is 5.70 Å². The van der Waals surface area contributed by atoms with Gasteiger partial charge in [-0.3, -0.25) is 4.99 Å². The van der Waals surface area contributed by atoms with Gasteiger partial charge in [0.25, 0.3) is 5.89 Å². The molecule has 0 saturated heterocycles. The Labute approximate surface area is 160 Å². The molecule has 0 radical (unpaired) electrons. The molecule has 1 N–H and O–H groups in total. The Bertz CT molecular complexity index is 1060. The number of ether oxygens (including phenoxy) is 3. The summed E-state index contributed by atoms with van der Waals surface area (Å²) in [6.45, 7) is -0.00964. The monoisotopic (exact) mass is 382 g/mol. The molecule has 0 aliphatic carbocycles. The summed E-state index contributed by atoms with van der Waals surface area (Å²) in [5, 5.41) is 5.96. The predicted octanol–water partition coefficient (Wildman–Crippen LogP) is 2.32. The summed E-state index contributed by atoms with van der Waals surface area (Å²) in [4.78, 5) is 20.2. The van der Waals surface area contributed by atoms with E-state index >= 15 is 0 Å². The second-order valence-corrected chi connectivity index (χ2v) is 6.07. The molecule has 2 aliphatic heterocycles. The van der Waals surface area contributed by atoms with E-state index < -0.39 is 5.76 Å². The van der Waals surface area contributed by atoms with Gasteiger partial charge in [-0.1, -0.05) is 6.08 Å². The first-order valence-electron chi connectivity index (χ1n) is 8.60. The smallest absolute Gasteiger partial charge is 0.434 e. The first kappa shape index (κ1) is 17.8. The third-order valence-corrected chi connectivity index (χ3v) is 4.38. The maximum atomic E-state index is 11.1. The molecule has 0 fully saturated rings. The molecule has 3 heterocycles. The lowest BCUT2D eigenvalue weighted by atomic mass is 9.93. The van der Waals surface area contributed by atoms with Crippen LogP contribution in [0.3, 0.4) is 0 Å². The lowest BCUT2D eigenvalue weighted by Crippen LogP contribution is -2.29. The van der Waals surface area contributed by atoms with Gasteiger partial charge in [0.15, 0.2) is 24.0 Å². The number of nitrogens with one attached hydrogen (secondary N) is 1. The van der Waals surface area contributed by atoms with Gasteiger partial charge in [-0.15, -0.1) is 5.10 Å². The molecule has 2 aliphatic rings. The van der Waals surface area contributed by atoms with Crippen LogP contribution in [0.4, 0.5) is 0 Å². The zero-order valence-electron chi connectivity index (χ0n) is 15.3. The molecule has 4 rings (SSSR count). The molecular formula is C19H18N4O5. The largest absolute Gasteiger partial charge is 0.493 e. The van der Waals surface area contributed by atoms with Crippen molar-refractivity contribution < 1.29 is 18.6 Å². The zero-order chi connectivity index (χ0) is 19.5. The highest BCUT2D eigenvalue weighted by atomic mass is 16.5. The standard InChI is InChI=1S/C19H18N4O5/c1-25-15-6-5-11(8-16(15)26-2)13-9-14-12(4-3-7-20-14)18(21-13)27-10-17-22-23-19(24)28-17/h3,5-9,12H,4,10H2,1-2H3,(H,23,24). The van der Waals surface area contributed by atoms with Gasteiger partial charge in [-0.2, -0.15) is 0 Å². The van der Waals surface area contributed by atoms with Crippen molar-refractivity contribution in [1.82, 2.24) is 10.2 Å². The summed E-state index contributed by atoms with van der Waals surface area (Å²) in [5.74, 6) is 1.15. The van der Waals surface area contributed by atoms with E-state index in [0.29, 0.717) is 23.1 Å². The average Bonchev–Trinajstić information content (AvgIpc) is 3.16. The van der Waals surface area contributed by atoms with Crippen LogP contribution >= 0.6 is 0 Å². The zero-order valence-corrected chi connectivity index (χ0v) is 15.3. The van der Waals surface area contributed by atoms with Crippen molar-refractivity contribution in [2.75, 3.05) is 14.2 Å². The Morgan fingerprint density at radius 2 is 2.11 bits per heavy atom. The number of rotatable bonds is 5. The Morgan fingerprint density at radius 3 is 2.86 bits per heavy atom. The fraction of sp³-hybridized carbons (Fsp3) is 0.263. The number of aromatic amines is 1. The molecule has 1 unspecified atom stereocenters. The molecule has 1 atom stereocenters. The highest BCUT2D eigenvalue weighted by molar-refractivity contribution is 6.17. The quantitative estimate of drug-likeness (QED) is 0.849.